The summed E-state index contributed by atoms with van der Waals surface area (Å²) in [4.78, 5) is 0. The second-order valence-electron chi connectivity index (χ2n) is 10.2. The van der Waals surface area contributed by atoms with Crippen molar-refractivity contribution in [3.05, 3.63) is 121 Å². The number of pyridine rings is 1. The van der Waals surface area contributed by atoms with Crippen LogP contribution in [0.1, 0.15) is 5.56 Å². The maximum absolute atomic E-state index is 2.45. The molecule has 3 aromatic heterocycles. The number of rotatable bonds is 2. The van der Waals surface area contributed by atoms with E-state index in [1.807, 2.05) is 11.3 Å². The molecular formula is C35H25N2S+. The number of hydrogen-bond donors (Lipinski definition) is 0. The lowest BCUT2D eigenvalue weighted by atomic mass is 9.96. The Bertz CT molecular complexity index is 2160. The average molecular weight is 506 g/mol. The van der Waals surface area contributed by atoms with Crippen LogP contribution < -0.4 is 4.57 Å². The van der Waals surface area contributed by atoms with Crippen molar-refractivity contribution < 1.29 is 4.57 Å². The van der Waals surface area contributed by atoms with Gasteiger partial charge in [0.25, 0.3) is 0 Å². The van der Waals surface area contributed by atoms with Gasteiger partial charge in [0, 0.05) is 26.9 Å². The molecule has 0 saturated heterocycles. The fourth-order valence-corrected chi connectivity index (χ4v) is 7.41. The Kier molecular flexibility index (Phi) is 4.55. The first-order chi connectivity index (χ1) is 18.7. The molecule has 0 aliphatic rings. The Morgan fingerprint density at radius 2 is 1.29 bits per heavy atom. The van der Waals surface area contributed by atoms with Crippen molar-refractivity contribution in [3.63, 3.8) is 0 Å². The predicted molar refractivity (Wildman–Crippen MR) is 163 cm³/mol. The van der Waals surface area contributed by atoms with Crippen LogP contribution >= 0.6 is 11.3 Å². The molecule has 0 N–H and O–H groups in total. The van der Waals surface area contributed by atoms with E-state index in [4.69, 9.17) is 0 Å². The van der Waals surface area contributed by atoms with E-state index >= 15 is 0 Å². The van der Waals surface area contributed by atoms with Gasteiger partial charge in [-0.15, -0.1) is 11.3 Å². The summed E-state index contributed by atoms with van der Waals surface area (Å²) in [5.74, 6) is 0. The van der Waals surface area contributed by atoms with Gasteiger partial charge in [0.1, 0.15) is 7.05 Å². The first kappa shape index (κ1) is 21.6. The molecular weight excluding hydrogens is 480 g/mol. The number of hydrogen-bond acceptors (Lipinski definition) is 1. The van der Waals surface area contributed by atoms with Gasteiger partial charge in [-0.1, -0.05) is 78.9 Å². The third kappa shape index (κ3) is 2.97. The third-order valence-corrected chi connectivity index (χ3v) is 9.12. The van der Waals surface area contributed by atoms with Gasteiger partial charge in [0.05, 0.1) is 32.4 Å². The van der Waals surface area contributed by atoms with E-state index in [0.717, 1.165) is 0 Å². The number of thiophene rings is 1. The minimum absolute atomic E-state index is 1.24. The third-order valence-electron chi connectivity index (χ3n) is 7.93. The monoisotopic (exact) mass is 505 g/mol. The van der Waals surface area contributed by atoms with Crippen LogP contribution in [0.25, 0.3) is 69.7 Å². The van der Waals surface area contributed by atoms with E-state index in [-0.39, 0.29) is 0 Å². The molecule has 0 radical (unpaired) electrons. The van der Waals surface area contributed by atoms with Crippen LogP contribution in [0, 0.1) is 6.92 Å². The summed E-state index contributed by atoms with van der Waals surface area (Å²) < 4.78 is 7.37. The molecule has 180 valence electrons. The summed E-state index contributed by atoms with van der Waals surface area (Å²) in [7, 11) is 2.17. The van der Waals surface area contributed by atoms with E-state index in [1.165, 1.54) is 75.3 Å². The molecule has 5 aromatic carbocycles. The van der Waals surface area contributed by atoms with Crippen LogP contribution in [0.3, 0.4) is 0 Å². The number of para-hydroxylation sites is 2. The van der Waals surface area contributed by atoms with Crippen molar-refractivity contribution in [2.45, 2.75) is 6.92 Å². The highest BCUT2D eigenvalue weighted by atomic mass is 32.1. The summed E-state index contributed by atoms with van der Waals surface area (Å²) in [5, 5.41) is 7.78. The quantitative estimate of drug-likeness (QED) is 0.207. The van der Waals surface area contributed by atoms with E-state index in [9.17, 15) is 0 Å². The molecule has 0 bridgehead atoms. The highest BCUT2D eigenvalue weighted by Crippen LogP contribution is 2.43. The largest absolute Gasteiger partial charge is 0.308 e. The summed E-state index contributed by atoms with van der Waals surface area (Å²) in [6.07, 6.45) is 2.21. The standard InChI is InChI=1S/C35H25N2S/c1-22-20-23-10-3-4-11-24(23)21-28(22)34-33-27-14-9-17-31(35(27)38-32(33)18-19-36(34)2)37-29-15-7-5-12-25(29)26-13-6-8-16-30(26)37/h3-21H,1-2H3/q+1. The molecule has 0 saturated carbocycles. The summed E-state index contributed by atoms with van der Waals surface area (Å²) in [6.45, 7) is 2.23. The Balaban J connectivity index is 1.49. The molecule has 2 nitrogen and oxygen atoms in total. The lowest BCUT2D eigenvalue weighted by Crippen LogP contribution is -2.30. The van der Waals surface area contributed by atoms with E-state index < -0.39 is 0 Å². The van der Waals surface area contributed by atoms with Crippen LogP contribution in [0.5, 0.6) is 0 Å². The van der Waals surface area contributed by atoms with E-state index in [0.29, 0.717) is 0 Å². The van der Waals surface area contributed by atoms with Crippen molar-refractivity contribution in [2.75, 3.05) is 0 Å². The molecule has 0 aliphatic heterocycles. The summed E-state index contributed by atoms with van der Waals surface area (Å²) in [5.41, 5.74) is 7.59. The molecule has 0 aliphatic carbocycles. The Morgan fingerprint density at radius 3 is 2.03 bits per heavy atom. The van der Waals surface area contributed by atoms with Crippen LogP contribution in [0.2, 0.25) is 0 Å². The van der Waals surface area contributed by atoms with Crippen LogP contribution in [0.15, 0.2) is 115 Å². The lowest BCUT2D eigenvalue weighted by molar-refractivity contribution is -0.659. The second kappa shape index (κ2) is 8.01. The highest BCUT2D eigenvalue weighted by molar-refractivity contribution is 7.26. The summed E-state index contributed by atoms with van der Waals surface area (Å²) >= 11 is 1.90. The number of benzene rings is 5. The molecule has 3 heteroatoms. The molecule has 8 aromatic rings. The SMILES string of the molecule is Cc1cc2ccccc2cc1-c1c2c(cc[n+]1C)sc1c(-n3c4ccccc4c4ccccc43)cccc12. The molecule has 38 heavy (non-hydrogen) atoms. The van der Waals surface area contributed by atoms with Gasteiger partial charge in [-0.3, -0.25) is 0 Å². The van der Waals surface area contributed by atoms with Gasteiger partial charge in [0.2, 0.25) is 5.69 Å². The fraction of sp³-hybridized carbons (Fsp3) is 0.0571. The Labute approximate surface area is 224 Å². The number of aromatic nitrogens is 2. The van der Waals surface area contributed by atoms with Gasteiger partial charge in [-0.25, -0.2) is 4.57 Å². The van der Waals surface area contributed by atoms with Gasteiger partial charge >= 0.3 is 0 Å². The van der Waals surface area contributed by atoms with Crippen LogP contribution in [0.4, 0.5) is 0 Å². The van der Waals surface area contributed by atoms with Crippen molar-refractivity contribution in [3.8, 4) is 16.9 Å². The maximum atomic E-state index is 2.45. The first-order valence-corrected chi connectivity index (χ1v) is 13.8. The Morgan fingerprint density at radius 1 is 0.658 bits per heavy atom. The number of nitrogens with zero attached hydrogens (tertiary/aromatic N) is 2. The Hall–Kier alpha value is -4.47. The molecule has 0 fully saturated rings. The predicted octanol–water partition coefficient (Wildman–Crippen LogP) is 9.10. The highest BCUT2D eigenvalue weighted by Gasteiger charge is 2.23. The number of fused-ring (bicyclic) bond motifs is 7. The van der Waals surface area contributed by atoms with E-state index in [2.05, 4.69) is 138 Å². The fourth-order valence-electron chi connectivity index (χ4n) is 6.21. The second-order valence-corrected chi connectivity index (χ2v) is 11.2. The van der Waals surface area contributed by atoms with Gasteiger partial charge in [-0.05, 0) is 47.5 Å². The van der Waals surface area contributed by atoms with Gasteiger partial charge in [0.15, 0.2) is 6.20 Å². The minimum Gasteiger partial charge on any atom is -0.308 e. The molecule has 0 amide bonds. The zero-order valence-electron chi connectivity index (χ0n) is 21.3. The van der Waals surface area contributed by atoms with Crippen molar-refractivity contribution >= 4 is 64.1 Å². The molecule has 0 atom stereocenters. The smallest absolute Gasteiger partial charge is 0.221 e. The average Bonchev–Trinajstić information content (AvgIpc) is 3.49. The molecule has 0 spiro atoms. The maximum Gasteiger partial charge on any atom is 0.221 e. The van der Waals surface area contributed by atoms with Crippen molar-refractivity contribution in [2.24, 2.45) is 7.05 Å². The van der Waals surface area contributed by atoms with Crippen molar-refractivity contribution in [1.82, 2.24) is 4.57 Å². The van der Waals surface area contributed by atoms with Crippen LogP contribution in [-0.4, -0.2) is 4.57 Å². The normalized spacial score (nSPS) is 11.9. The zero-order valence-corrected chi connectivity index (χ0v) is 22.1. The zero-order chi connectivity index (χ0) is 25.4. The topological polar surface area (TPSA) is 8.81 Å². The first-order valence-electron chi connectivity index (χ1n) is 13.0. The molecule has 8 rings (SSSR count). The molecule has 0 unspecified atom stereocenters. The minimum atomic E-state index is 1.24. The van der Waals surface area contributed by atoms with E-state index in [1.54, 1.807) is 0 Å². The van der Waals surface area contributed by atoms with Gasteiger partial charge in [-0.2, -0.15) is 0 Å². The van der Waals surface area contributed by atoms with Crippen molar-refractivity contribution in [1.29, 1.82) is 0 Å². The van der Waals surface area contributed by atoms with Crippen LogP contribution in [-0.2, 0) is 7.05 Å². The van der Waals surface area contributed by atoms with Gasteiger partial charge < -0.3 is 4.57 Å². The number of aryl methyl sites for hydroxylation is 2. The summed E-state index contributed by atoms with van der Waals surface area (Å²) in [6, 6.07) is 39.9. The lowest BCUT2D eigenvalue weighted by Gasteiger charge is -2.10. The molecule has 3 heterocycles.